The van der Waals surface area contributed by atoms with Crippen molar-refractivity contribution in [1.82, 2.24) is 18.8 Å². The Balaban J connectivity index is 1.36. The molecule has 3 saturated heterocycles. The summed E-state index contributed by atoms with van der Waals surface area (Å²) in [5, 5.41) is 11.7. The quantitative estimate of drug-likeness (QED) is 0.584. The van der Waals surface area contributed by atoms with Crippen molar-refractivity contribution in [2.75, 3.05) is 39.8 Å². The molecule has 190 valence electrons. The van der Waals surface area contributed by atoms with Gasteiger partial charge in [0.1, 0.15) is 17.6 Å². The first kappa shape index (κ1) is 25.3. The minimum Gasteiger partial charge on any atom is -0.497 e. The van der Waals surface area contributed by atoms with Gasteiger partial charge in [-0.3, -0.25) is 9.59 Å². The molecule has 2 atom stereocenters. The molecule has 0 aliphatic carbocycles. The number of methoxy groups -OCH3 is 1. The number of rotatable bonds is 7. The largest absolute Gasteiger partial charge is 0.497 e. The summed E-state index contributed by atoms with van der Waals surface area (Å²) in [5.74, 6) is -1.46. The highest BCUT2D eigenvalue weighted by molar-refractivity contribution is 7.86. The number of piperidine rings is 1. The van der Waals surface area contributed by atoms with Crippen LogP contribution in [0, 0.1) is 29.0 Å². The smallest absolute Gasteiger partial charge is 0.282 e. The number of carbonyl (C=O) groups is 2. The Morgan fingerprint density at radius 3 is 2.60 bits per heavy atom. The van der Waals surface area contributed by atoms with Crippen molar-refractivity contribution in [3.05, 3.63) is 29.6 Å². The third-order valence-corrected chi connectivity index (χ3v) is 8.82. The fourth-order valence-electron chi connectivity index (χ4n) is 4.91. The average Bonchev–Trinajstić information content (AvgIpc) is 3.31. The van der Waals surface area contributed by atoms with Gasteiger partial charge in [-0.05, 0) is 43.4 Å². The van der Waals surface area contributed by atoms with Crippen molar-refractivity contribution in [3.63, 3.8) is 0 Å². The minimum atomic E-state index is -3.71. The van der Waals surface area contributed by atoms with Crippen LogP contribution in [0.15, 0.2) is 18.2 Å². The van der Waals surface area contributed by atoms with E-state index in [0.717, 1.165) is 0 Å². The molecule has 1 unspecified atom stereocenters. The predicted molar refractivity (Wildman–Crippen MR) is 123 cm³/mol. The van der Waals surface area contributed by atoms with E-state index in [0.29, 0.717) is 50.1 Å². The van der Waals surface area contributed by atoms with Crippen LogP contribution in [0.3, 0.4) is 0 Å². The molecular weight excluding hydrogens is 477 g/mol. The van der Waals surface area contributed by atoms with Crippen molar-refractivity contribution in [1.29, 1.82) is 5.26 Å². The second-order valence-electron chi connectivity index (χ2n) is 9.25. The normalized spacial score (nSPS) is 24.0. The SMILES string of the molecule is COc1cc(F)cc(CNC(=O)C2CCCN2C(=O)[C@H]2CCCN(S(=O)(=O)N3CC(C#N)C3)C2)c1. The van der Waals surface area contributed by atoms with Gasteiger partial charge < -0.3 is 15.0 Å². The zero-order valence-electron chi connectivity index (χ0n) is 19.7. The van der Waals surface area contributed by atoms with Crippen molar-refractivity contribution in [3.8, 4) is 11.8 Å². The highest BCUT2D eigenvalue weighted by Crippen LogP contribution is 2.29. The fourth-order valence-corrected chi connectivity index (χ4v) is 6.70. The van der Waals surface area contributed by atoms with E-state index in [-0.39, 0.29) is 43.9 Å². The van der Waals surface area contributed by atoms with Crippen LogP contribution in [0.25, 0.3) is 0 Å². The number of hydrogen-bond donors (Lipinski definition) is 1. The molecule has 0 aromatic heterocycles. The first-order valence-electron chi connectivity index (χ1n) is 11.8. The van der Waals surface area contributed by atoms with Crippen LogP contribution in [0.2, 0.25) is 0 Å². The predicted octanol–water partition coefficient (Wildman–Crippen LogP) is 0.854. The van der Waals surface area contributed by atoms with Crippen molar-refractivity contribution >= 4 is 22.0 Å². The van der Waals surface area contributed by atoms with E-state index in [4.69, 9.17) is 10.00 Å². The number of likely N-dealkylation sites (tertiary alicyclic amines) is 1. The molecule has 1 aromatic rings. The second kappa shape index (κ2) is 10.5. The van der Waals surface area contributed by atoms with Crippen LogP contribution in [0.1, 0.15) is 31.2 Å². The third-order valence-electron chi connectivity index (χ3n) is 6.89. The molecular formula is C23H30FN5O5S. The zero-order valence-corrected chi connectivity index (χ0v) is 20.5. The number of nitrogens with zero attached hydrogens (tertiary/aromatic N) is 4. The molecule has 1 N–H and O–H groups in total. The van der Waals surface area contributed by atoms with Crippen molar-refractivity contribution in [2.24, 2.45) is 11.8 Å². The summed E-state index contributed by atoms with van der Waals surface area (Å²) in [6.07, 6.45) is 2.30. The number of amides is 2. The molecule has 1 aromatic carbocycles. The van der Waals surface area contributed by atoms with Gasteiger partial charge in [-0.25, -0.2) is 4.39 Å². The maximum absolute atomic E-state index is 13.7. The van der Waals surface area contributed by atoms with Gasteiger partial charge in [0.05, 0.1) is 25.0 Å². The van der Waals surface area contributed by atoms with Gasteiger partial charge in [-0.2, -0.15) is 22.3 Å². The molecule has 3 aliphatic rings. The lowest BCUT2D eigenvalue weighted by atomic mass is 9.97. The van der Waals surface area contributed by atoms with Crippen LogP contribution in [-0.4, -0.2) is 79.6 Å². The number of halogens is 1. The van der Waals surface area contributed by atoms with Crippen LogP contribution in [-0.2, 0) is 26.3 Å². The van der Waals surface area contributed by atoms with E-state index < -0.39 is 28.0 Å². The Kier molecular flexibility index (Phi) is 7.59. The Hall–Kier alpha value is -2.75. The molecule has 4 rings (SSSR count). The van der Waals surface area contributed by atoms with E-state index in [1.165, 1.54) is 27.9 Å². The Bertz CT molecular complexity index is 1120. The van der Waals surface area contributed by atoms with Crippen LogP contribution >= 0.6 is 0 Å². The van der Waals surface area contributed by atoms with Gasteiger partial charge in [0.15, 0.2) is 0 Å². The summed E-state index contributed by atoms with van der Waals surface area (Å²) in [4.78, 5) is 27.8. The lowest BCUT2D eigenvalue weighted by Gasteiger charge is -2.41. The van der Waals surface area contributed by atoms with Gasteiger partial charge in [-0.1, -0.05) is 0 Å². The molecule has 3 heterocycles. The van der Waals surface area contributed by atoms with Gasteiger partial charge in [0.25, 0.3) is 10.2 Å². The number of ether oxygens (including phenoxy) is 1. The molecule has 0 saturated carbocycles. The Morgan fingerprint density at radius 2 is 1.89 bits per heavy atom. The molecule has 2 amide bonds. The maximum atomic E-state index is 13.7. The summed E-state index contributed by atoms with van der Waals surface area (Å²) in [5.41, 5.74) is 0.545. The highest BCUT2D eigenvalue weighted by Gasteiger charge is 2.44. The summed E-state index contributed by atoms with van der Waals surface area (Å²) in [7, 11) is -2.28. The van der Waals surface area contributed by atoms with E-state index >= 15 is 0 Å². The van der Waals surface area contributed by atoms with Gasteiger partial charge in [0.2, 0.25) is 11.8 Å². The summed E-state index contributed by atoms with van der Waals surface area (Å²) in [6.45, 7) is 1.30. The molecule has 35 heavy (non-hydrogen) atoms. The van der Waals surface area contributed by atoms with Crippen molar-refractivity contribution in [2.45, 2.75) is 38.3 Å². The lowest BCUT2D eigenvalue weighted by Crippen LogP contribution is -2.57. The molecule has 3 aliphatic heterocycles. The van der Waals surface area contributed by atoms with Gasteiger partial charge in [0, 0.05) is 45.3 Å². The topological polar surface area (TPSA) is 123 Å². The second-order valence-corrected chi connectivity index (χ2v) is 11.2. The number of nitrogens with one attached hydrogen (secondary N) is 1. The van der Waals surface area contributed by atoms with Crippen LogP contribution in [0.5, 0.6) is 5.75 Å². The number of nitriles is 1. The van der Waals surface area contributed by atoms with Crippen LogP contribution in [0.4, 0.5) is 4.39 Å². The summed E-state index contributed by atoms with van der Waals surface area (Å²) >= 11 is 0. The molecule has 10 nitrogen and oxygen atoms in total. The van der Waals surface area contributed by atoms with E-state index in [9.17, 15) is 22.4 Å². The van der Waals surface area contributed by atoms with Gasteiger partial charge in [-0.15, -0.1) is 0 Å². The van der Waals surface area contributed by atoms with Gasteiger partial charge >= 0.3 is 0 Å². The first-order valence-corrected chi connectivity index (χ1v) is 13.2. The van der Waals surface area contributed by atoms with Crippen LogP contribution < -0.4 is 10.1 Å². The molecule has 0 radical (unpaired) electrons. The first-order chi connectivity index (χ1) is 16.7. The standard InChI is InChI=1S/C23H30FN5O5S/c1-34-20-9-16(8-19(24)10-20)12-26-22(30)21-5-3-7-29(21)23(31)18-4-2-6-27(15-18)35(32,33)28-13-17(11-25)14-28/h8-10,17-18,21H,2-7,12-15H2,1H3,(H,26,30)/t18-,21?/m0/s1. The summed E-state index contributed by atoms with van der Waals surface area (Å²) < 4.78 is 47.2. The average molecular weight is 508 g/mol. The Morgan fingerprint density at radius 1 is 1.14 bits per heavy atom. The molecule has 12 heteroatoms. The monoisotopic (exact) mass is 507 g/mol. The van der Waals surface area contributed by atoms with Crippen molar-refractivity contribution < 1.29 is 27.1 Å². The minimum absolute atomic E-state index is 0.0722. The summed E-state index contributed by atoms with van der Waals surface area (Å²) in [6, 6.07) is 5.62. The molecule has 0 spiro atoms. The highest BCUT2D eigenvalue weighted by atomic mass is 32.2. The Labute approximate surface area is 204 Å². The van der Waals surface area contributed by atoms with E-state index in [1.54, 1.807) is 11.0 Å². The fraction of sp³-hybridized carbons (Fsp3) is 0.609. The van der Waals surface area contributed by atoms with E-state index in [1.807, 2.05) is 0 Å². The molecule has 0 bridgehead atoms. The number of benzene rings is 1. The molecule has 3 fully saturated rings. The number of carbonyl (C=O) groups excluding carboxylic acids is 2. The number of hydrogen-bond acceptors (Lipinski definition) is 6. The lowest BCUT2D eigenvalue weighted by molar-refractivity contribution is -0.142. The zero-order chi connectivity index (χ0) is 25.2. The third kappa shape index (κ3) is 5.42. The maximum Gasteiger partial charge on any atom is 0.282 e. The van der Waals surface area contributed by atoms with E-state index in [2.05, 4.69) is 11.4 Å².